The largest absolute Gasteiger partial charge is 0.457 e. The van der Waals surface area contributed by atoms with Crippen LogP contribution in [0.25, 0.3) is 0 Å². The van der Waals surface area contributed by atoms with Crippen LogP contribution >= 0.6 is 0 Å². The molecule has 0 aromatic heterocycles. The highest BCUT2D eigenvalue weighted by atomic mass is 16.6. The molecule has 0 radical (unpaired) electrons. The summed E-state index contributed by atoms with van der Waals surface area (Å²) in [6, 6.07) is 0. The lowest BCUT2D eigenvalue weighted by atomic mass is 10.1. The molecule has 0 saturated heterocycles. The Morgan fingerprint density at radius 2 is 0.865 bits per heavy atom. The molecule has 0 aliphatic rings. The normalized spacial score (nSPS) is 13.5. The van der Waals surface area contributed by atoms with Crippen LogP contribution < -0.4 is 0 Å². The predicted molar refractivity (Wildman–Crippen MR) is 228 cm³/mol. The molecule has 0 saturated carbocycles. The molecule has 4 heteroatoms. The van der Waals surface area contributed by atoms with Gasteiger partial charge in [-0.2, -0.15) is 0 Å². The molecule has 4 nitrogen and oxygen atoms in total. The average Bonchev–Trinajstić information content (AvgIpc) is 3.15. The number of esters is 1. The fourth-order valence-electron chi connectivity index (χ4n) is 5.22. The van der Waals surface area contributed by atoms with Gasteiger partial charge in [0, 0.05) is 13.0 Å². The predicted octanol–water partition coefficient (Wildman–Crippen LogP) is 13.9. The summed E-state index contributed by atoms with van der Waals surface area (Å²) in [5.74, 6) is -0.235. The van der Waals surface area contributed by atoms with Crippen LogP contribution in [0.3, 0.4) is 0 Å². The molecular weight excluding hydrogens is 641 g/mol. The molecule has 0 aromatic carbocycles. The monoisotopic (exact) mass is 719 g/mol. The summed E-state index contributed by atoms with van der Waals surface area (Å²) < 4.78 is 11.1. The van der Waals surface area contributed by atoms with Crippen LogP contribution in [-0.2, 0) is 14.3 Å². The van der Waals surface area contributed by atoms with Crippen LogP contribution in [0.5, 0.6) is 0 Å². The van der Waals surface area contributed by atoms with Gasteiger partial charge in [-0.25, -0.2) is 0 Å². The maximum Gasteiger partial charge on any atom is 0.306 e. The minimum Gasteiger partial charge on any atom is -0.457 e. The van der Waals surface area contributed by atoms with Crippen molar-refractivity contribution in [3.63, 3.8) is 0 Å². The van der Waals surface area contributed by atoms with Crippen molar-refractivity contribution in [3.05, 3.63) is 109 Å². The van der Waals surface area contributed by atoms with Crippen LogP contribution in [0.2, 0.25) is 0 Å². The third kappa shape index (κ3) is 41.5. The number of hydrogen-bond acceptors (Lipinski definition) is 4. The molecule has 294 valence electrons. The standard InChI is InChI=1S/C48H78O4/c1-3-5-7-9-11-13-15-17-19-21-22-23-24-25-26-27-28-30-32-34-36-38-40-42-44-51-46-47(45-49)52-48(50)43-41-39-37-35-33-31-29-20-18-16-14-12-10-8-6-4-2/h5,7,11,13-14,16-17,19-20,22-23,25-26,28-30,34,36,47,49H,3-4,6,8-10,12,15,18,21,24,27,31-33,35,37-46H2,1-2H3/b7-5-,13-11-,16-14-,19-17-,23-22-,26-25-,29-20-,30-28-,36-34-. The average molecular weight is 719 g/mol. The summed E-state index contributed by atoms with van der Waals surface area (Å²) in [5.41, 5.74) is 0. The Morgan fingerprint density at radius 3 is 1.31 bits per heavy atom. The molecule has 0 aliphatic carbocycles. The molecule has 52 heavy (non-hydrogen) atoms. The van der Waals surface area contributed by atoms with E-state index in [0.29, 0.717) is 13.0 Å². The number of hydrogen-bond donors (Lipinski definition) is 1. The van der Waals surface area contributed by atoms with E-state index >= 15 is 0 Å². The lowest BCUT2D eigenvalue weighted by Crippen LogP contribution is -2.27. The highest BCUT2D eigenvalue weighted by molar-refractivity contribution is 5.69. The molecule has 1 atom stereocenters. The van der Waals surface area contributed by atoms with Gasteiger partial charge in [0.05, 0.1) is 13.2 Å². The van der Waals surface area contributed by atoms with Crippen molar-refractivity contribution in [1.29, 1.82) is 0 Å². The second-order valence-corrected chi connectivity index (χ2v) is 13.3. The summed E-state index contributed by atoms with van der Waals surface area (Å²) in [7, 11) is 0. The fraction of sp³-hybridized carbons (Fsp3) is 0.604. The summed E-state index contributed by atoms with van der Waals surface area (Å²) >= 11 is 0. The molecule has 0 bridgehead atoms. The van der Waals surface area contributed by atoms with Crippen molar-refractivity contribution < 1.29 is 19.4 Å². The lowest BCUT2D eigenvalue weighted by molar-refractivity contribution is -0.154. The van der Waals surface area contributed by atoms with Gasteiger partial charge in [0.15, 0.2) is 0 Å². The molecule has 0 rings (SSSR count). The number of allylic oxidation sites excluding steroid dienone is 18. The second-order valence-electron chi connectivity index (χ2n) is 13.3. The number of ether oxygens (including phenoxy) is 2. The molecule has 1 unspecified atom stereocenters. The maximum absolute atomic E-state index is 12.2. The van der Waals surface area contributed by atoms with Gasteiger partial charge in [-0.3, -0.25) is 4.79 Å². The molecular formula is C48H78O4. The first-order valence-electron chi connectivity index (χ1n) is 21.0. The number of carbonyl (C=O) groups is 1. The third-order valence-corrected chi connectivity index (χ3v) is 8.33. The first-order valence-corrected chi connectivity index (χ1v) is 21.0. The topological polar surface area (TPSA) is 55.8 Å². The molecule has 1 N–H and O–H groups in total. The van der Waals surface area contributed by atoms with Gasteiger partial charge in [0.2, 0.25) is 0 Å². The summed E-state index contributed by atoms with van der Waals surface area (Å²) in [6.07, 6.45) is 64.3. The van der Waals surface area contributed by atoms with Crippen LogP contribution in [0.15, 0.2) is 109 Å². The van der Waals surface area contributed by atoms with Crippen LogP contribution in [0, 0.1) is 0 Å². The maximum atomic E-state index is 12.2. The number of carbonyl (C=O) groups excluding carboxylic acids is 1. The summed E-state index contributed by atoms with van der Waals surface area (Å²) in [4.78, 5) is 12.2. The van der Waals surface area contributed by atoms with E-state index in [1.807, 2.05) is 0 Å². The second kappa shape index (κ2) is 44.2. The van der Waals surface area contributed by atoms with E-state index in [2.05, 4.69) is 123 Å². The van der Waals surface area contributed by atoms with Crippen molar-refractivity contribution >= 4 is 5.97 Å². The SMILES string of the molecule is CC/C=C\C/C=C\C/C=C\C/C=C\C/C=C\C/C=C\C/C=C\CCCCOCC(CO)OC(=O)CCCCCCC/C=C\C/C=C\CCCCCC. The Bertz CT molecular complexity index is 1020. The molecule has 0 amide bonds. The lowest BCUT2D eigenvalue weighted by Gasteiger charge is -2.15. The minimum atomic E-state index is -0.573. The first-order chi connectivity index (χ1) is 25.7. The molecule has 0 heterocycles. The van der Waals surface area contributed by atoms with E-state index in [-0.39, 0.29) is 19.2 Å². The zero-order chi connectivity index (χ0) is 37.7. The third-order valence-electron chi connectivity index (χ3n) is 8.33. The van der Waals surface area contributed by atoms with Crippen molar-refractivity contribution in [1.82, 2.24) is 0 Å². The Labute approximate surface area is 321 Å². The van der Waals surface area contributed by atoms with Gasteiger partial charge in [0.1, 0.15) is 6.10 Å². The minimum absolute atomic E-state index is 0.203. The molecule has 0 aromatic rings. The zero-order valence-electron chi connectivity index (χ0n) is 33.5. The van der Waals surface area contributed by atoms with Crippen molar-refractivity contribution in [2.45, 2.75) is 168 Å². The van der Waals surface area contributed by atoms with Gasteiger partial charge in [-0.05, 0) is 103 Å². The van der Waals surface area contributed by atoms with E-state index in [1.165, 1.54) is 44.9 Å². The number of rotatable bonds is 37. The van der Waals surface area contributed by atoms with Gasteiger partial charge in [-0.1, -0.05) is 162 Å². The van der Waals surface area contributed by atoms with Crippen molar-refractivity contribution in [2.24, 2.45) is 0 Å². The van der Waals surface area contributed by atoms with E-state index in [1.54, 1.807) is 0 Å². The van der Waals surface area contributed by atoms with E-state index < -0.39 is 6.10 Å². The number of aliphatic hydroxyl groups is 1. The number of aliphatic hydroxyl groups excluding tert-OH is 1. The highest BCUT2D eigenvalue weighted by Crippen LogP contribution is 2.10. The zero-order valence-corrected chi connectivity index (χ0v) is 33.5. The van der Waals surface area contributed by atoms with E-state index in [4.69, 9.17) is 9.47 Å². The van der Waals surface area contributed by atoms with Crippen LogP contribution in [-0.4, -0.2) is 37.0 Å². The van der Waals surface area contributed by atoms with Gasteiger partial charge < -0.3 is 14.6 Å². The summed E-state index contributed by atoms with van der Waals surface area (Å²) in [5, 5.41) is 9.59. The smallest absolute Gasteiger partial charge is 0.306 e. The summed E-state index contributed by atoms with van der Waals surface area (Å²) in [6.45, 7) is 5.07. The number of unbranched alkanes of at least 4 members (excludes halogenated alkanes) is 11. The van der Waals surface area contributed by atoms with Gasteiger partial charge >= 0.3 is 5.97 Å². The fourth-order valence-corrected chi connectivity index (χ4v) is 5.22. The van der Waals surface area contributed by atoms with E-state index in [0.717, 1.165) is 96.3 Å². The molecule has 0 aliphatic heterocycles. The van der Waals surface area contributed by atoms with Gasteiger partial charge in [-0.15, -0.1) is 0 Å². The van der Waals surface area contributed by atoms with Gasteiger partial charge in [0.25, 0.3) is 0 Å². The Hall–Kier alpha value is -2.95. The van der Waals surface area contributed by atoms with Crippen LogP contribution in [0.4, 0.5) is 0 Å². The quantitative estimate of drug-likeness (QED) is 0.0395. The Kier molecular flexibility index (Phi) is 41.7. The Balaban J connectivity index is 3.63. The van der Waals surface area contributed by atoms with Crippen molar-refractivity contribution in [2.75, 3.05) is 19.8 Å². The van der Waals surface area contributed by atoms with Crippen LogP contribution in [0.1, 0.15) is 162 Å². The molecule has 0 fully saturated rings. The highest BCUT2D eigenvalue weighted by Gasteiger charge is 2.13. The first kappa shape index (κ1) is 49.0. The molecule has 0 spiro atoms. The van der Waals surface area contributed by atoms with E-state index in [9.17, 15) is 9.90 Å². The Morgan fingerprint density at radius 1 is 0.481 bits per heavy atom. The van der Waals surface area contributed by atoms with Crippen molar-refractivity contribution in [3.8, 4) is 0 Å².